The minimum atomic E-state index is -0.225. The average molecular weight is 377 g/mol. The molecule has 144 valence electrons. The summed E-state index contributed by atoms with van der Waals surface area (Å²) in [6.07, 6.45) is 0.931. The van der Waals surface area contributed by atoms with Crippen molar-refractivity contribution < 1.29 is 4.79 Å². The number of rotatable bonds is 4. The Labute approximate surface area is 163 Å². The van der Waals surface area contributed by atoms with Crippen molar-refractivity contribution in [3.05, 3.63) is 59.7 Å². The number of anilines is 1. The van der Waals surface area contributed by atoms with E-state index in [-0.39, 0.29) is 12.1 Å². The number of hydrogen-bond donors (Lipinski definition) is 2. The summed E-state index contributed by atoms with van der Waals surface area (Å²) in [4.78, 5) is 16.1. The SMILES string of the molecule is CN1Cc2ccccc2CC1CNC(=O)Nc1cccc(-c2nnn(C)n2)c1. The third-order valence-corrected chi connectivity index (χ3v) is 5.00. The molecule has 1 aromatic heterocycles. The van der Waals surface area contributed by atoms with Crippen LogP contribution in [0, 0.1) is 0 Å². The maximum atomic E-state index is 12.4. The number of fused-ring (bicyclic) bond motifs is 1. The predicted octanol–water partition coefficient (Wildman–Crippen LogP) is 2.06. The zero-order valence-electron chi connectivity index (χ0n) is 16.0. The van der Waals surface area contributed by atoms with Gasteiger partial charge in [0.2, 0.25) is 5.82 Å². The van der Waals surface area contributed by atoms with Gasteiger partial charge >= 0.3 is 6.03 Å². The predicted molar refractivity (Wildman–Crippen MR) is 107 cm³/mol. The van der Waals surface area contributed by atoms with Gasteiger partial charge in [0, 0.05) is 30.4 Å². The molecule has 0 fully saturated rings. The van der Waals surface area contributed by atoms with Gasteiger partial charge < -0.3 is 10.6 Å². The van der Waals surface area contributed by atoms with Gasteiger partial charge in [0.25, 0.3) is 0 Å². The van der Waals surface area contributed by atoms with Crippen LogP contribution in [0.5, 0.6) is 0 Å². The van der Waals surface area contributed by atoms with Gasteiger partial charge in [-0.05, 0) is 41.9 Å². The van der Waals surface area contributed by atoms with E-state index in [4.69, 9.17) is 0 Å². The lowest BCUT2D eigenvalue weighted by Gasteiger charge is -2.34. The van der Waals surface area contributed by atoms with Crippen molar-refractivity contribution in [2.45, 2.75) is 19.0 Å². The van der Waals surface area contributed by atoms with E-state index in [0.29, 0.717) is 18.1 Å². The molecule has 8 heteroatoms. The normalized spacial score (nSPS) is 16.4. The molecule has 3 aromatic rings. The Kier molecular flexibility index (Phi) is 5.03. The van der Waals surface area contributed by atoms with E-state index in [0.717, 1.165) is 18.5 Å². The van der Waals surface area contributed by atoms with Crippen LogP contribution in [0.2, 0.25) is 0 Å². The molecule has 28 heavy (non-hydrogen) atoms. The Hall–Kier alpha value is -3.26. The molecule has 2 amide bonds. The number of benzene rings is 2. The topological polar surface area (TPSA) is 88.0 Å². The second kappa shape index (κ2) is 7.77. The van der Waals surface area contributed by atoms with E-state index in [9.17, 15) is 4.79 Å². The van der Waals surface area contributed by atoms with E-state index in [1.807, 2.05) is 24.3 Å². The van der Waals surface area contributed by atoms with Gasteiger partial charge in [-0.1, -0.05) is 36.4 Å². The van der Waals surface area contributed by atoms with Crippen molar-refractivity contribution in [2.24, 2.45) is 7.05 Å². The van der Waals surface area contributed by atoms with E-state index in [1.54, 1.807) is 7.05 Å². The van der Waals surface area contributed by atoms with Crippen molar-refractivity contribution in [1.29, 1.82) is 0 Å². The smallest absolute Gasteiger partial charge is 0.319 e. The number of aromatic nitrogens is 4. The molecule has 0 saturated carbocycles. The second-order valence-electron chi connectivity index (χ2n) is 7.06. The maximum Gasteiger partial charge on any atom is 0.319 e. The van der Waals surface area contributed by atoms with Crippen molar-refractivity contribution in [2.75, 3.05) is 18.9 Å². The molecule has 1 atom stereocenters. The van der Waals surface area contributed by atoms with Crippen molar-refractivity contribution >= 4 is 11.7 Å². The van der Waals surface area contributed by atoms with E-state index in [1.165, 1.54) is 15.9 Å². The molecule has 0 radical (unpaired) electrons. The standard InChI is InChI=1S/C20H23N7O/c1-26-13-16-7-4-3-6-14(16)11-18(26)12-21-20(28)22-17-9-5-8-15(10-17)19-23-25-27(2)24-19/h3-10,18H,11-13H2,1-2H3,(H2,21,22,28). The molecule has 0 saturated heterocycles. The fourth-order valence-corrected chi connectivity index (χ4v) is 3.47. The first-order valence-corrected chi connectivity index (χ1v) is 9.25. The summed E-state index contributed by atoms with van der Waals surface area (Å²) in [7, 11) is 3.81. The maximum absolute atomic E-state index is 12.4. The van der Waals surface area contributed by atoms with Crippen molar-refractivity contribution in [1.82, 2.24) is 30.4 Å². The van der Waals surface area contributed by atoms with E-state index in [2.05, 4.69) is 62.3 Å². The summed E-state index contributed by atoms with van der Waals surface area (Å²) < 4.78 is 0. The Morgan fingerprint density at radius 2 is 1.96 bits per heavy atom. The molecule has 0 spiro atoms. The highest BCUT2D eigenvalue weighted by Crippen LogP contribution is 2.22. The fourth-order valence-electron chi connectivity index (χ4n) is 3.47. The van der Waals surface area contributed by atoms with Gasteiger partial charge in [-0.3, -0.25) is 4.90 Å². The minimum Gasteiger partial charge on any atom is -0.336 e. The summed E-state index contributed by atoms with van der Waals surface area (Å²) in [6, 6.07) is 15.9. The number of carbonyl (C=O) groups is 1. The molecule has 1 aliphatic rings. The molecule has 1 aliphatic heterocycles. The summed E-state index contributed by atoms with van der Waals surface area (Å²) in [6.45, 7) is 1.49. The van der Waals surface area contributed by atoms with Crippen LogP contribution >= 0.6 is 0 Å². The number of tetrazole rings is 1. The van der Waals surface area contributed by atoms with Gasteiger partial charge in [0.1, 0.15) is 0 Å². The molecule has 2 aromatic carbocycles. The first-order chi connectivity index (χ1) is 13.6. The molecular weight excluding hydrogens is 354 g/mol. The third-order valence-electron chi connectivity index (χ3n) is 5.00. The number of likely N-dealkylation sites (N-methyl/N-ethyl adjacent to an activating group) is 1. The Morgan fingerprint density at radius 1 is 1.14 bits per heavy atom. The molecule has 1 unspecified atom stereocenters. The number of nitrogens with zero attached hydrogens (tertiary/aromatic N) is 5. The summed E-state index contributed by atoms with van der Waals surface area (Å²) in [5.74, 6) is 0.522. The summed E-state index contributed by atoms with van der Waals surface area (Å²) in [5.41, 5.74) is 4.21. The van der Waals surface area contributed by atoms with Crippen LogP contribution in [0.1, 0.15) is 11.1 Å². The highest BCUT2D eigenvalue weighted by Gasteiger charge is 2.23. The van der Waals surface area contributed by atoms with Gasteiger partial charge in [-0.15, -0.1) is 10.2 Å². The minimum absolute atomic E-state index is 0.225. The molecule has 8 nitrogen and oxygen atoms in total. The van der Waals surface area contributed by atoms with Crippen molar-refractivity contribution in [3.63, 3.8) is 0 Å². The molecule has 4 rings (SSSR count). The Balaban J connectivity index is 1.35. The zero-order chi connectivity index (χ0) is 19.5. The molecule has 0 bridgehead atoms. The first-order valence-electron chi connectivity index (χ1n) is 9.25. The quantitative estimate of drug-likeness (QED) is 0.727. The lowest BCUT2D eigenvalue weighted by molar-refractivity contribution is 0.207. The van der Waals surface area contributed by atoms with Gasteiger partial charge in [-0.2, -0.15) is 4.80 Å². The van der Waals surface area contributed by atoms with Crippen LogP contribution in [0.3, 0.4) is 0 Å². The van der Waals surface area contributed by atoms with Crippen LogP contribution in [-0.2, 0) is 20.0 Å². The zero-order valence-corrected chi connectivity index (χ0v) is 16.0. The summed E-state index contributed by atoms with van der Waals surface area (Å²) >= 11 is 0. The highest BCUT2D eigenvalue weighted by molar-refractivity contribution is 5.89. The summed E-state index contributed by atoms with van der Waals surface area (Å²) in [5, 5.41) is 17.9. The highest BCUT2D eigenvalue weighted by atomic mass is 16.2. The lowest BCUT2D eigenvalue weighted by Crippen LogP contribution is -2.46. The Bertz CT molecular complexity index is 984. The van der Waals surface area contributed by atoms with Gasteiger partial charge in [-0.25, -0.2) is 4.79 Å². The lowest BCUT2D eigenvalue weighted by atomic mass is 9.94. The average Bonchev–Trinajstić information content (AvgIpc) is 3.13. The van der Waals surface area contributed by atoms with Crippen LogP contribution in [0.15, 0.2) is 48.5 Å². The number of aryl methyl sites for hydroxylation is 1. The number of hydrogen-bond acceptors (Lipinski definition) is 5. The van der Waals surface area contributed by atoms with Crippen LogP contribution in [0.25, 0.3) is 11.4 Å². The van der Waals surface area contributed by atoms with Gasteiger partial charge in [0.05, 0.1) is 7.05 Å². The van der Waals surface area contributed by atoms with Crippen LogP contribution in [0.4, 0.5) is 10.5 Å². The Morgan fingerprint density at radius 3 is 2.75 bits per heavy atom. The van der Waals surface area contributed by atoms with Crippen LogP contribution < -0.4 is 10.6 Å². The first kappa shape index (κ1) is 18.1. The third kappa shape index (κ3) is 4.01. The fraction of sp³-hybridized carbons (Fsp3) is 0.300. The number of nitrogens with one attached hydrogen (secondary N) is 2. The molecular formula is C20H23N7O. The van der Waals surface area contributed by atoms with Crippen LogP contribution in [-0.4, -0.2) is 50.8 Å². The van der Waals surface area contributed by atoms with Crippen molar-refractivity contribution in [3.8, 4) is 11.4 Å². The van der Waals surface area contributed by atoms with E-state index < -0.39 is 0 Å². The number of amides is 2. The molecule has 2 N–H and O–H groups in total. The molecule has 2 heterocycles. The number of carbonyl (C=O) groups excluding carboxylic acids is 1. The van der Waals surface area contributed by atoms with Gasteiger partial charge in [0.15, 0.2) is 0 Å². The molecule has 0 aliphatic carbocycles. The second-order valence-corrected chi connectivity index (χ2v) is 7.06. The largest absolute Gasteiger partial charge is 0.336 e. The monoisotopic (exact) mass is 377 g/mol. The van der Waals surface area contributed by atoms with E-state index >= 15 is 0 Å². The number of urea groups is 1.